The molecule has 1 atom stereocenters. The number of hydrogen-bond acceptors (Lipinski definition) is 4. The van der Waals surface area contributed by atoms with Crippen LogP contribution in [0.4, 0.5) is 0 Å². The molecule has 3 aromatic heterocycles. The summed E-state index contributed by atoms with van der Waals surface area (Å²) in [6.07, 6.45) is 8.49. The van der Waals surface area contributed by atoms with Crippen molar-refractivity contribution >= 4 is 16.9 Å². The van der Waals surface area contributed by atoms with Crippen LogP contribution >= 0.6 is 0 Å². The lowest BCUT2D eigenvalue weighted by molar-refractivity contribution is 0.0699. The average molecular weight is 307 g/mol. The Morgan fingerprint density at radius 3 is 3.04 bits per heavy atom. The molecule has 0 unspecified atom stereocenters. The standard InChI is InChI=1S/C17H17N5O/c23-17(15-10-18-6-7-19-15)22-8-2-4-13(11-22)14-9-12-3-1-5-20-16(12)21-14/h1,3,5-7,9-10,13H,2,4,8,11H2,(H,20,21)/t13-/m1/s1. The van der Waals surface area contributed by atoms with Gasteiger partial charge in [-0.1, -0.05) is 0 Å². The third-order valence-corrected chi connectivity index (χ3v) is 4.34. The molecular weight excluding hydrogens is 290 g/mol. The van der Waals surface area contributed by atoms with Crippen LogP contribution < -0.4 is 0 Å². The van der Waals surface area contributed by atoms with E-state index in [9.17, 15) is 4.79 Å². The van der Waals surface area contributed by atoms with E-state index in [4.69, 9.17) is 0 Å². The van der Waals surface area contributed by atoms with Crippen molar-refractivity contribution in [3.63, 3.8) is 0 Å². The molecule has 0 radical (unpaired) electrons. The molecule has 4 rings (SSSR count). The molecule has 1 N–H and O–H groups in total. The van der Waals surface area contributed by atoms with Gasteiger partial charge in [-0.15, -0.1) is 0 Å². The quantitative estimate of drug-likeness (QED) is 0.788. The Labute approximate surface area is 133 Å². The maximum atomic E-state index is 12.5. The van der Waals surface area contributed by atoms with Crippen molar-refractivity contribution in [3.8, 4) is 0 Å². The Bertz CT molecular complexity index is 796. The zero-order chi connectivity index (χ0) is 15.6. The minimum Gasteiger partial charge on any atom is -0.343 e. The number of piperidine rings is 1. The highest BCUT2D eigenvalue weighted by atomic mass is 16.2. The minimum atomic E-state index is -0.0444. The molecule has 3 aromatic rings. The Morgan fingerprint density at radius 1 is 1.26 bits per heavy atom. The average Bonchev–Trinajstić information content (AvgIpc) is 3.06. The zero-order valence-electron chi connectivity index (χ0n) is 12.6. The van der Waals surface area contributed by atoms with Crippen molar-refractivity contribution < 1.29 is 4.79 Å². The lowest BCUT2D eigenvalue weighted by atomic mass is 9.94. The Balaban J connectivity index is 1.56. The number of aromatic amines is 1. The second-order valence-electron chi connectivity index (χ2n) is 5.85. The van der Waals surface area contributed by atoms with Crippen LogP contribution in [0.25, 0.3) is 11.0 Å². The van der Waals surface area contributed by atoms with E-state index >= 15 is 0 Å². The third kappa shape index (κ3) is 2.67. The minimum absolute atomic E-state index is 0.0444. The van der Waals surface area contributed by atoms with E-state index in [0.29, 0.717) is 18.2 Å². The number of nitrogens with zero attached hydrogens (tertiary/aromatic N) is 4. The number of carbonyl (C=O) groups excluding carboxylic acids is 1. The van der Waals surface area contributed by atoms with Gasteiger partial charge in [0.05, 0.1) is 6.20 Å². The summed E-state index contributed by atoms with van der Waals surface area (Å²) < 4.78 is 0. The molecule has 0 aliphatic carbocycles. The number of aromatic nitrogens is 4. The van der Waals surface area contributed by atoms with Gasteiger partial charge in [-0.3, -0.25) is 9.78 Å². The molecule has 1 aliphatic heterocycles. The third-order valence-electron chi connectivity index (χ3n) is 4.34. The zero-order valence-corrected chi connectivity index (χ0v) is 12.6. The van der Waals surface area contributed by atoms with Crippen LogP contribution in [0, 0.1) is 0 Å². The van der Waals surface area contributed by atoms with Crippen LogP contribution in [0.2, 0.25) is 0 Å². The van der Waals surface area contributed by atoms with E-state index in [2.05, 4.69) is 26.0 Å². The second kappa shape index (κ2) is 5.79. The van der Waals surface area contributed by atoms with Crippen molar-refractivity contribution in [2.45, 2.75) is 18.8 Å². The normalized spacial score (nSPS) is 18.3. The van der Waals surface area contributed by atoms with Crippen molar-refractivity contribution in [2.75, 3.05) is 13.1 Å². The number of rotatable bonds is 2. The number of hydrogen-bond donors (Lipinski definition) is 1. The summed E-state index contributed by atoms with van der Waals surface area (Å²) in [6.45, 7) is 1.46. The maximum absolute atomic E-state index is 12.5. The number of fused-ring (bicyclic) bond motifs is 1. The molecule has 0 spiro atoms. The van der Waals surface area contributed by atoms with Crippen LogP contribution in [-0.2, 0) is 0 Å². The summed E-state index contributed by atoms with van der Waals surface area (Å²) >= 11 is 0. The number of nitrogens with one attached hydrogen (secondary N) is 1. The van der Waals surface area contributed by atoms with Gasteiger partial charge in [-0.25, -0.2) is 9.97 Å². The molecule has 1 aliphatic rings. The molecule has 23 heavy (non-hydrogen) atoms. The molecule has 116 valence electrons. The summed E-state index contributed by atoms with van der Waals surface area (Å²) in [5.41, 5.74) is 2.46. The van der Waals surface area contributed by atoms with Crippen molar-refractivity contribution in [1.29, 1.82) is 0 Å². The van der Waals surface area contributed by atoms with Gasteiger partial charge in [-0.2, -0.15) is 0 Å². The molecule has 6 heteroatoms. The lowest BCUT2D eigenvalue weighted by Crippen LogP contribution is -2.39. The molecular formula is C17H17N5O. The number of pyridine rings is 1. The van der Waals surface area contributed by atoms with Crippen LogP contribution in [0.3, 0.4) is 0 Å². The predicted molar refractivity (Wildman–Crippen MR) is 86.0 cm³/mol. The Kier molecular flexibility index (Phi) is 3.49. The fourth-order valence-corrected chi connectivity index (χ4v) is 3.19. The first-order valence-electron chi connectivity index (χ1n) is 7.80. The maximum Gasteiger partial charge on any atom is 0.274 e. The Hall–Kier alpha value is -2.76. The molecule has 1 amide bonds. The predicted octanol–water partition coefficient (Wildman–Crippen LogP) is 2.37. The van der Waals surface area contributed by atoms with E-state index in [1.54, 1.807) is 18.6 Å². The molecule has 6 nitrogen and oxygen atoms in total. The van der Waals surface area contributed by atoms with Gasteiger partial charge in [0.2, 0.25) is 0 Å². The van der Waals surface area contributed by atoms with E-state index in [1.165, 1.54) is 6.20 Å². The summed E-state index contributed by atoms with van der Waals surface area (Å²) in [5, 5.41) is 1.11. The van der Waals surface area contributed by atoms with Crippen LogP contribution in [0.5, 0.6) is 0 Å². The summed E-state index contributed by atoms with van der Waals surface area (Å²) in [6, 6.07) is 6.13. The summed E-state index contributed by atoms with van der Waals surface area (Å²) in [7, 11) is 0. The topological polar surface area (TPSA) is 74.8 Å². The van der Waals surface area contributed by atoms with E-state index in [0.717, 1.165) is 36.1 Å². The van der Waals surface area contributed by atoms with Crippen LogP contribution in [0.15, 0.2) is 43.0 Å². The monoisotopic (exact) mass is 307 g/mol. The van der Waals surface area contributed by atoms with Gasteiger partial charge >= 0.3 is 0 Å². The van der Waals surface area contributed by atoms with Crippen LogP contribution in [0.1, 0.15) is 34.9 Å². The number of H-pyrrole nitrogens is 1. The number of likely N-dealkylation sites (tertiary alicyclic amines) is 1. The van der Waals surface area contributed by atoms with Gasteiger partial charge in [-0.05, 0) is 31.0 Å². The van der Waals surface area contributed by atoms with Gasteiger partial charge < -0.3 is 9.88 Å². The van der Waals surface area contributed by atoms with Gasteiger partial charge in [0, 0.05) is 48.7 Å². The Morgan fingerprint density at radius 2 is 2.22 bits per heavy atom. The molecule has 4 heterocycles. The molecule has 1 fully saturated rings. The highest BCUT2D eigenvalue weighted by Gasteiger charge is 2.27. The summed E-state index contributed by atoms with van der Waals surface area (Å²) in [4.78, 5) is 30.3. The fraction of sp³-hybridized carbons (Fsp3) is 0.294. The highest BCUT2D eigenvalue weighted by molar-refractivity contribution is 5.92. The van der Waals surface area contributed by atoms with Gasteiger partial charge in [0.25, 0.3) is 5.91 Å². The van der Waals surface area contributed by atoms with E-state index in [1.807, 2.05) is 17.0 Å². The highest BCUT2D eigenvalue weighted by Crippen LogP contribution is 2.28. The first-order chi connectivity index (χ1) is 11.3. The van der Waals surface area contributed by atoms with Gasteiger partial charge in [0.1, 0.15) is 11.3 Å². The molecule has 1 saturated heterocycles. The SMILES string of the molecule is O=C(c1cnccn1)N1CCC[C@@H](c2cc3cccnc3[nH]2)C1. The van der Waals surface area contributed by atoms with Crippen molar-refractivity contribution in [1.82, 2.24) is 24.8 Å². The largest absolute Gasteiger partial charge is 0.343 e. The first kappa shape index (κ1) is 13.9. The molecule has 0 bridgehead atoms. The molecule has 0 aromatic carbocycles. The van der Waals surface area contributed by atoms with Gasteiger partial charge in [0.15, 0.2) is 0 Å². The number of amides is 1. The number of carbonyl (C=O) groups is 1. The smallest absolute Gasteiger partial charge is 0.274 e. The molecule has 0 saturated carbocycles. The first-order valence-corrected chi connectivity index (χ1v) is 7.80. The van der Waals surface area contributed by atoms with Crippen molar-refractivity contribution in [3.05, 3.63) is 54.4 Å². The van der Waals surface area contributed by atoms with E-state index < -0.39 is 0 Å². The van der Waals surface area contributed by atoms with Crippen molar-refractivity contribution in [2.24, 2.45) is 0 Å². The second-order valence-corrected chi connectivity index (χ2v) is 5.85. The summed E-state index contributed by atoms with van der Waals surface area (Å²) in [5.74, 6) is 0.260. The lowest BCUT2D eigenvalue weighted by Gasteiger charge is -2.32. The van der Waals surface area contributed by atoms with E-state index in [-0.39, 0.29) is 5.91 Å². The van der Waals surface area contributed by atoms with Crippen LogP contribution in [-0.4, -0.2) is 43.8 Å². The fourth-order valence-electron chi connectivity index (χ4n) is 3.19.